The largest absolute Gasteiger partial charge is 0.385 e. The van der Waals surface area contributed by atoms with Crippen LogP contribution in [0.15, 0.2) is 0 Å². The molecule has 92 valence electrons. The number of ether oxygens (including phenoxy) is 1. The normalized spacial score (nSPS) is 12.0. The predicted molar refractivity (Wildman–Crippen MR) is 67.1 cm³/mol. The molecule has 0 spiro atoms. The van der Waals surface area contributed by atoms with Crippen molar-refractivity contribution in [1.29, 1.82) is 0 Å². The molecule has 1 heterocycles. The van der Waals surface area contributed by atoms with Crippen molar-refractivity contribution in [3.63, 3.8) is 0 Å². The summed E-state index contributed by atoms with van der Waals surface area (Å²) in [5, 5.41) is 7.06. The van der Waals surface area contributed by atoms with Gasteiger partial charge in [-0.05, 0) is 24.1 Å². The van der Waals surface area contributed by atoms with E-state index in [-0.39, 0.29) is 5.41 Å². The fraction of sp³-hybridized carbons (Fsp3) is 0.818. The van der Waals surface area contributed by atoms with E-state index >= 15 is 0 Å². The molecule has 1 aromatic heterocycles. The summed E-state index contributed by atoms with van der Waals surface area (Å²) in [6.07, 6.45) is 1.91. The van der Waals surface area contributed by atoms with Crippen molar-refractivity contribution in [2.75, 3.05) is 13.7 Å². The number of aromatic amines is 1. The number of rotatable bonds is 6. The van der Waals surface area contributed by atoms with Gasteiger partial charge in [0.1, 0.15) is 5.82 Å². The number of H-pyrrole nitrogens is 1. The number of hydrogen-bond donors (Lipinski definition) is 1. The molecule has 0 aliphatic heterocycles. The molecule has 0 saturated carbocycles. The van der Waals surface area contributed by atoms with Crippen LogP contribution in [0.2, 0.25) is 0 Å². The predicted octanol–water partition coefficient (Wildman–Crippen LogP) is 2.57. The van der Waals surface area contributed by atoms with E-state index in [1.807, 2.05) is 0 Å². The Morgan fingerprint density at radius 1 is 1.50 bits per heavy atom. The number of aromatic nitrogens is 3. The van der Waals surface area contributed by atoms with Crippen LogP contribution in [-0.2, 0) is 17.7 Å². The Morgan fingerprint density at radius 2 is 2.19 bits per heavy atom. The quantitative estimate of drug-likeness (QED) is 0.781. The number of aryl methyl sites for hydroxylation is 1. The van der Waals surface area contributed by atoms with Gasteiger partial charge < -0.3 is 9.30 Å². The van der Waals surface area contributed by atoms with Crippen LogP contribution in [0, 0.1) is 10.2 Å². The van der Waals surface area contributed by atoms with Gasteiger partial charge in [0.05, 0.1) is 0 Å². The first-order chi connectivity index (χ1) is 7.50. The van der Waals surface area contributed by atoms with E-state index < -0.39 is 0 Å². The molecule has 0 atom stereocenters. The lowest BCUT2D eigenvalue weighted by molar-refractivity contribution is 0.141. The Balaban J connectivity index is 2.78. The first kappa shape index (κ1) is 13.4. The van der Waals surface area contributed by atoms with Gasteiger partial charge in [0.25, 0.3) is 0 Å². The van der Waals surface area contributed by atoms with Gasteiger partial charge >= 0.3 is 0 Å². The second-order valence-corrected chi connectivity index (χ2v) is 5.18. The van der Waals surface area contributed by atoms with Gasteiger partial charge in [0.15, 0.2) is 4.77 Å². The van der Waals surface area contributed by atoms with Crippen LogP contribution in [0.3, 0.4) is 0 Å². The van der Waals surface area contributed by atoms with Gasteiger partial charge in [0.2, 0.25) is 0 Å². The van der Waals surface area contributed by atoms with E-state index in [2.05, 4.69) is 35.5 Å². The van der Waals surface area contributed by atoms with Gasteiger partial charge in [-0.3, -0.25) is 5.10 Å². The van der Waals surface area contributed by atoms with Crippen LogP contribution >= 0.6 is 12.2 Å². The van der Waals surface area contributed by atoms with Gasteiger partial charge in [-0.2, -0.15) is 5.10 Å². The topological polar surface area (TPSA) is 42.8 Å². The Bertz CT molecular complexity index is 381. The highest BCUT2D eigenvalue weighted by molar-refractivity contribution is 7.71. The average molecular weight is 243 g/mol. The average Bonchev–Trinajstić information content (AvgIpc) is 2.57. The molecule has 0 fully saturated rings. The molecule has 1 N–H and O–H groups in total. The zero-order valence-electron chi connectivity index (χ0n) is 10.5. The second kappa shape index (κ2) is 5.59. The number of hydrogen-bond acceptors (Lipinski definition) is 3. The summed E-state index contributed by atoms with van der Waals surface area (Å²) in [4.78, 5) is 0. The minimum Gasteiger partial charge on any atom is -0.385 e. The van der Waals surface area contributed by atoms with Crippen molar-refractivity contribution in [3.05, 3.63) is 10.6 Å². The summed E-state index contributed by atoms with van der Waals surface area (Å²) < 4.78 is 7.92. The third kappa shape index (κ3) is 3.42. The highest BCUT2D eigenvalue weighted by Gasteiger charge is 2.20. The zero-order valence-corrected chi connectivity index (χ0v) is 11.4. The number of nitrogens with one attached hydrogen (secondary N) is 1. The van der Waals surface area contributed by atoms with Gasteiger partial charge in [-0.25, -0.2) is 0 Å². The van der Waals surface area contributed by atoms with Crippen LogP contribution in [0.25, 0.3) is 0 Å². The SMILES string of the molecule is CCc1n[nH]c(=S)n1CC(C)(C)CCOC. The van der Waals surface area contributed by atoms with Gasteiger partial charge in [0, 0.05) is 26.7 Å². The second-order valence-electron chi connectivity index (χ2n) is 4.79. The summed E-state index contributed by atoms with van der Waals surface area (Å²) in [6.45, 7) is 8.19. The van der Waals surface area contributed by atoms with Crippen LogP contribution in [0.1, 0.15) is 33.0 Å². The summed E-state index contributed by atoms with van der Waals surface area (Å²) in [5.41, 5.74) is 0.169. The minimum absolute atomic E-state index is 0.169. The first-order valence-corrected chi connectivity index (χ1v) is 6.04. The molecular formula is C11H21N3OS. The van der Waals surface area contributed by atoms with Crippen LogP contribution in [0.5, 0.6) is 0 Å². The Hall–Kier alpha value is -0.680. The van der Waals surface area contributed by atoms with E-state index in [0.717, 1.165) is 31.8 Å². The van der Waals surface area contributed by atoms with E-state index in [9.17, 15) is 0 Å². The molecule has 0 aliphatic carbocycles. The molecule has 4 nitrogen and oxygen atoms in total. The van der Waals surface area contributed by atoms with E-state index in [0.29, 0.717) is 4.77 Å². The van der Waals surface area contributed by atoms with Crippen LogP contribution in [0.4, 0.5) is 0 Å². The lowest BCUT2D eigenvalue weighted by Crippen LogP contribution is -2.22. The molecule has 1 aromatic rings. The van der Waals surface area contributed by atoms with Gasteiger partial charge in [-0.1, -0.05) is 20.8 Å². The number of methoxy groups -OCH3 is 1. The van der Waals surface area contributed by atoms with Crippen molar-refractivity contribution < 1.29 is 4.74 Å². The third-order valence-corrected chi connectivity index (χ3v) is 3.03. The molecule has 0 bridgehead atoms. The monoisotopic (exact) mass is 243 g/mol. The lowest BCUT2D eigenvalue weighted by Gasteiger charge is -2.25. The fourth-order valence-electron chi connectivity index (χ4n) is 1.67. The third-order valence-electron chi connectivity index (χ3n) is 2.72. The van der Waals surface area contributed by atoms with Crippen molar-refractivity contribution in [3.8, 4) is 0 Å². The zero-order chi connectivity index (χ0) is 12.2. The maximum Gasteiger partial charge on any atom is 0.195 e. The minimum atomic E-state index is 0.169. The van der Waals surface area contributed by atoms with E-state index in [1.54, 1.807) is 7.11 Å². The van der Waals surface area contributed by atoms with Crippen LogP contribution in [-0.4, -0.2) is 28.5 Å². The van der Waals surface area contributed by atoms with Crippen molar-refractivity contribution >= 4 is 12.2 Å². The molecule has 0 saturated heterocycles. The summed E-state index contributed by atoms with van der Waals surface area (Å²) in [7, 11) is 1.73. The maximum absolute atomic E-state index is 5.23. The van der Waals surface area contributed by atoms with Crippen LogP contribution < -0.4 is 0 Å². The molecule has 0 radical (unpaired) electrons. The molecule has 16 heavy (non-hydrogen) atoms. The summed E-state index contributed by atoms with van der Waals surface area (Å²) >= 11 is 5.23. The number of nitrogens with zero attached hydrogens (tertiary/aromatic N) is 2. The Labute approximate surface area is 102 Å². The highest BCUT2D eigenvalue weighted by Crippen LogP contribution is 2.23. The summed E-state index contributed by atoms with van der Waals surface area (Å²) in [5.74, 6) is 1.02. The highest BCUT2D eigenvalue weighted by atomic mass is 32.1. The molecule has 0 amide bonds. The van der Waals surface area contributed by atoms with Crippen molar-refractivity contribution in [1.82, 2.24) is 14.8 Å². The fourth-order valence-corrected chi connectivity index (χ4v) is 1.88. The van der Waals surface area contributed by atoms with Crippen molar-refractivity contribution in [2.24, 2.45) is 5.41 Å². The molecule has 1 rings (SSSR count). The standard InChI is InChI=1S/C11H21N3OS/c1-5-9-12-13-10(16)14(9)8-11(2,3)6-7-15-4/h5-8H2,1-4H3,(H,13,16). The van der Waals surface area contributed by atoms with Crippen molar-refractivity contribution in [2.45, 2.75) is 40.2 Å². The Morgan fingerprint density at radius 3 is 2.75 bits per heavy atom. The molecule has 0 aliphatic rings. The summed E-state index contributed by atoms with van der Waals surface area (Å²) in [6, 6.07) is 0. The smallest absolute Gasteiger partial charge is 0.195 e. The van der Waals surface area contributed by atoms with E-state index in [4.69, 9.17) is 17.0 Å². The maximum atomic E-state index is 5.23. The van der Waals surface area contributed by atoms with E-state index in [1.165, 1.54) is 0 Å². The Kier molecular flexibility index (Phi) is 4.68. The molecule has 0 aromatic carbocycles. The molecular weight excluding hydrogens is 222 g/mol. The molecule has 5 heteroatoms. The van der Waals surface area contributed by atoms with Gasteiger partial charge in [-0.15, -0.1) is 0 Å². The lowest BCUT2D eigenvalue weighted by atomic mass is 9.89. The first-order valence-electron chi connectivity index (χ1n) is 5.63. The molecule has 0 unspecified atom stereocenters.